The molecule has 0 N–H and O–H groups in total. The first-order chi connectivity index (χ1) is 15.3. The summed E-state index contributed by atoms with van der Waals surface area (Å²) in [7, 11) is 1.65. The number of benzene rings is 3. The van der Waals surface area contributed by atoms with Crippen LogP contribution in [0, 0.1) is 0 Å². The summed E-state index contributed by atoms with van der Waals surface area (Å²) >= 11 is 0. The van der Waals surface area contributed by atoms with Gasteiger partial charge in [-0.25, -0.2) is 4.57 Å². The van der Waals surface area contributed by atoms with Crippen molar-refractivity contribution in [3.05, 3.63) is 109 Å². The molecule has 0 aliphatic carbocycles. The lowest BCUT2D eigenvalue weighted by Crippen LogP contribution is -3.00. The molecule has 0 amide bonds. The summed E-state index contributed by atoms with van der Waals surface area (Å²) in [6.07, 6.45) is 5.13. The molecule has 5 heteroatoms. The van der Waals surface area contributed by atoms with Gasteiger partial charge in [-0.2, -0.15) is 0 Å². The van der Waals surface area contributed by atoms with Gasteiger partial charge in [0.1, 0.15) is 12.3 Å². The lowest BCUT2D eigenvalue weighted by Gasteiger charge is -2.24. The molecule has 32 heavy (non-hydrogen) atoms. The van der Waals surface area contributed by atoms with Gasteiger partial charge in [-0.1, -0.05) is 48.5 Å². The van der Waals surface area contributed by atoms with Crippen molar-refractivity contribution in [2.24, 2.45) is 0 Å². The molecule has 164 valence electrons. The van der Waals surface area contributed by atoms with Crippen LogP contribution in [0.1, 0.15) is 6.42 Å². The topological polar surface area (TPSA) is 25.6 Å². The third kappa shape index (κ3) is 6.23. The summed E-state index contributed by atoms with van der Waals surface area (Å²) in [5.74, 6) is 2.22. The first-order valence-electron chi connectivity index (χ1n) is 10.5. The predicted octanol–water partition coefficient (Wildman–Crippen LogP) is 3.01. The minimum Gasteiger partial charge on any atom is -1.00 e. The molecule has 0 fully saturated rings. The molecule has 0 spiro atoms. The van der Waals surface area contributed by atoms with Crippen molar-refractivity contribution in [3.8, 4) is 17.2 Å². The van der Waals surface area contributed by atoms with E-state index in [1.54, 1.807) is 7.11 Å². The van der Waals surface area contributed by atoms with Crippen LogP contribution in [0.3, 0.4) is 0 Å². The van der Waals surface area contributed by atoms with E-state index in [0.717, 1.165) is 31.0 Å². The molecule has 0 aliphatic heterocycles. The lowest BCUT2D eigenvalue weighted by atomic mass is 10.2. The Hall–Kier alpha value is -3.06. The van der Waals surface area contributed by atoms with Crippen LogP contribution in [-0.4, -0.2) is 13.7 Å². The summed E-state index contributed by atoms with van der Waals surface area (Å²) < 4.78 is 13.5. The molecule has 3 aromatic carbocycles. The molecule has 4 rings (SSSR count). The van der Waals surface area contributed by atoms with E-state index in [1.807, 2.05) is 36.4 Å². The molecule has 0 saturated carbocycles. The Morgan fingerprint density at radius 3 is 1.78 bits per heavy atom. The average Bonchev–Trinajstić information content (AvgIpc) is 2.84. The fraction of sp³-hybridized carbons (Fsp3) is 0.148. The molecule has 0 atom stereocenters. The van der Waals surface area contributed by atoms with Gasteiger partial charge < -0.3 is 38.4 Å². The molecular formula is C27H27IN2O2. The van der Waals surface area contributed by atoms with Crippen LogP contribution in [0.15, 0.2) is 109 Å². The number of aromatic nitrogens is 1. The van der Waals surface area contributed by atoms with E-state index in [9.17, 15) is 0 Å². The zero-order valence-electron chi connectivity index (χ0n) is 18.1. The summed E-state index contributed by atoms with van der Waals surface area (Å²) in [6.45, 7) is 1.85. The van der Waals surface area contributed by atoms with E-state index in [-0.39, 0.29) is 24.0 Å². The number of pyridine rings is 1. The van der Waals surface area contributed by atoms with Gasteiger partial charge in [0, 0.05) is 36.5 Å². The van der Waals surface area contributed by atoms with Crippen molar-refractivity contribution in [1.29, 1.82) is 0 Å². The number of methoxy groups -OCH3 is 1. The highest BCUT2D eigenvalue weighted by Crippen LogP contribution is 2.30. The van der Waals surface area contributed by atoms with Crippen molar-refractivity contribution in [3.63, 3.8) is 0 Å². The number of hydrogen-bond acceptors (Lipinski definition) is 3. The third-order valence-electron chi connectivity index (χ3n) is 5.09. The molecule has 4 aromatic rings. The number of halogens is 1. The Morgan fingerprint density at radius 1 is 0.688 bits per heavy atom. The zero-order valence-corrected chi connectivity index (χ0v) is 20.3. The average molecular weight is 538 g/mol. The fourth-order valence-corrected chi connectivity index (χ4v) is 3.53. The molecule has 0 radical (unpaired) electrons. The number of hydrogen-bond donors (Lipinski definition) is 0. The Labute approximate surface area is 207 Å². The standard InChI is InChI=1S/C27H27N2O2.HI/c1-30-26-15-8-9-16-27(26)31-25-17-21-28(22-18-25)19-10-20-29(23-11-4-2-5-12-23)24-13-6-3-7-14-24;/h2-9,11-18,21-22H,10,19-20H2,1H3;1H/q+1;/p-1. The maximum absolute atomic E-state index is 5.97. The minimum atomic E-state index is 0. The summed E-state index contributed by atoms with van der Waals surface area (Å²) in [6, 6.07) is 32.7. The van der Waals surface area contributed by atoms with Gasteiger partial charge in [-0.15, -0.1) is 0 Å². The van der Waals surface area contributed by atoms with Gasteiger partial charge in [-0.3, -0.25) is 0 Å². The van der Waals surface area contributed by atoms with Crippen molar-refractivity contribution < 1.29 is 38.0 Å². The van der Waals surface area contributed by atoms with Crippen LogP contribution < -0.4 is 42.9 Å². The second-order valence-electron chi connectivity index (χ2n) is 7.20. The summed E-state index contributed by atoms with van der Waals surface area (Å²) in [4.78, 5) is 2.36. The molecular weight excluding hydrogens is 511 g/mol. The van der Waals surface area contributed by atoms with Gasteiger partial charge in [-0.05, 0) is 36.4 Å². The second kappa shape index (κ2) is 12.1. The first kappa shape index (κ1) is 23.6. The van der Waals surface area contributed by atoms with E-state index in [1.165, 1.54) is 11.4 Å². The van der Waals surface area contributed by atoms with Crippen LogP contribution in [0.25, 0.3) is 0 Å². The number of rotatable bonds is 9. The maximum atomic E-state index is 5.97. The lowest BCUT2D eigenvalue weighted by molar-refractivity contribution is -0.697. The minimum absolute atomic E-state index is 0. The van der Waals surface area contributed by atoms with Crippen LogP contribution in [-0.2, 0) is 6.54 Å². The predicted molar refractivity (Wildman–Crippen MR) is 124 cm³/mol. The van der Waals surface area contributed by atoms with Gasteiger partial charge in [0.25, 0.3) is 0 Å². The monoisotopic (exact) mass is 538 g/mol. The van der Waals surface area contributed by atoms with Crippen molar-refractivity contribution in [2.45, 2.75) is 13.0 Å². The zero-order chi connectivity index (χ0) is 21.3. The number of anilines is 2. The van der Waals surface area contributed by atoms with E-state index < -0.39 is 0 Å². The largest absolute Gasteiger partial charge is 1.00 e. The molecule has 4 nitrogen and oxygen atoms in total. The Bertz CT molecular complexity index is 1030. The molecule has 1 aromatic heterocycles. The second-order valence-corrected chi connectivity index (χ2v) is 7.20. The Balaban J connectivity index is 0.00000289. The van der Waals surface area contributed by atoms with E-state index in [2.05, 4.69) is 82.5 Å². The van der Waals surface area contributed by atoms with Crippen molar-refractivity contribution >= 4 is 11.4 Å². The normalized spacial score (nSPS) is 10.2. The quantitative estimate of drug-likeness (QED) is 0.242. The molecule has 0 saturated heterocycles. The number of para-hydroxylation sites is 4. The maximum Gasteiger partial charge on any atom is 0.172 e. The van der Waals surface area contributed by atoms with Gasteiger partial charge >= 0.3 is 0 Å². The highest BCUT2D eigenvalue weighted by Gasteiger charge is 2.11. The fourth-order valence-electron chi connectivity index (χ4n) is 3.53. The molecule has 0 aliphatic rings. The highest BCUT2D eigenvalue weighted by molar-refractivity contribution is 5.62. The Morgan fingerprint density at radius 2 is 1.22 bits per heavy atom. The molecule has 0 unspecified atom stereocenters. The van der Waals surface area contributed by atoms with Crippen LogP contribution in [0.2, 0.25) is 0 Å². The first-order valence-corrected chi connectivity index (χ1v) is 10.5. The third-order valence-corrected chi connectivity index (χ3v) is 5.09. The van der Waals surface area contributed by atoms with E-state index >= 15 is 0 Å². The Kier molecular flexibility index (Phi) is 8.92. The SMILES string of the molecule is COc1ccccc1Oc1cc[n+](CCCN(c2ccccc2)c2ccccc2)cc1.[I-]. The van der Waals surface area contributed by atoms with Crippen LogP contribution >= 0.6 is 0 Å². The molecule has 0 bridgehead atoms. The summed E-state index contributed by atoms with van der Waals surface area (Å²) in [5.41, 5.74) is 2.42. The van der Waals surface area contributed by atoms with E-state index in [4.69, 9.17) is 9.47 Å². The van der Waals surface area contributed by atoms with Crippen LogP contribution in [0.5, 0.6) is 17.2 Å². The van der Waals surface area contributed by atoms with E-state index in [0.29, 0.717) is 5.75 Å². The van der Waals surface area contributed by atoms with Gasteiger partial charge in [0.2, 0.25) is 0 Å². The van der Waals surface area contributed by atoms with Crippen LogP contribution in [0.4, 0.5) is 11.4 Å². The number of ether oxygens (including phenoxy) is 2. The van der Waals surface area contributed by atoms with Gasteiger partial charge in [0.05, 0.1) is 7.11 Å². The number of aryl methyl sites for hydroxylation is 1. The molecule has 1 heterocycles. The number of nitrogens with zero attached hydrogens (tertiary/aromatic N) is 2. The van der Waals surface area contributed by atoms with Crippen molar-refractivity contribution in [2.75, 3.05) is 18.6 Å². The van der Waals surface area contributed by atoms with Crippen molar-refractivity contribution in [1.82, 2.24) is 0 Å². The summed E-state index contributed by atoms with van der Waals surface area (Å²) in [5, 5.41) is 0. The van der Waals surface area contributed by atoms with Gasteiger partial charge in [0.15, 0.2) is 23.9 Å². The smallest absolute Gasteiger partial charge is 0.172 e. The highest BCUT2D eigenvalue weighted by atomic mass is 127.